The molecule has 1 aliphatic carbocycles. The topological polar surface area (TPSA) is 277 Å². The Bertz CT molecular complexity index is 932. The van der Waals surface area contributed by atoms with Crippen LogP contribution in [0.15, 0.2) is 12.3 Å². The van der Waals surface area contributed by atoms with Gasteiger partial charge in [-0.25, -0.2) is 14.1 Å². The van der Waals surface area contributed by atoms with Crippen LogP contribution in [0.3, 0.4) is 0 Å². The minimum atomic E-state index is -5.39. The van der Waals surface area contributed by atoms with Crippen LogP contribution in [0.25, 0.3) is 0 Å². The minimum absolute atomic E-state index is 0.336. The first-order valence-corrected chi connectivity index (χ1v) is 12.7. The Labute approximate surface area is 186 Å². The van der Waals surface area contributed by atoms with E-state index >= 15 is 0 Å². The molecule has 16 nitrogen and oxygen atoms in total. The van der Waals surface area contributed by atoms with Crippen molar-refractivity contribution in [2.24, 2.45) is 5.92 Å². The molecule has 0 spiro atoms. The van der Waals surface area contributed by atoms with Gasteiger partial charge in [-0.05, 0) is 18.9 Å². The quantitative estimate of drug-likeness (QED) is 0.160. The summed E-state index contributed by atoms with van der Waals surface area (Å²) in [6.07, 6.45) is -8.58. The summed E-state index contributed by atoms with van der Waals surface area (Å²) in [5.74, 6) is -3.49. The van der Waals surface area contributed by atoms with E-state index in [1.807, 2.05) is 0 Å². The normalized spacial score (nSPS) is 35.5. The second kappa shape index (κ2) is 9.87. The summed E-state index contributed by atoms with van der Waals surface area (Å²) in [6.45, 7) is -0.904. The maximum absolute atomic E-state index is 12.3. The zero-order valence-electron chi connectivity index (χ0n) is 16.7. The molecule has 1 aliphatic heterocycles. The molecule has 18 heteroatoms. The van der Waals surface area contributed by atoms with Gasteiger partial charge in [0.25, 0.3) is 0 Å². The van der Waals surface area contributed by atoms with Gasteiger partial charge in [-0.15, -0.1) is 0 Å². The lowest BCUT2D eigenvalue weighted by Crippen LogP contribution is -2.38. The van der Waals surface area contributed by atoms with Gasteiger partial charge in [-0.1, -0.05) is 0 Å². The standard InChI is InChI=1S/C15H25N3O13P2/c16-10-1-2-18(15(23)17-10)13-12(22)11(21)9(30-13)5-29-33(27,28)31-14(32(24,25)26)6-3-7(19)8(20)4-6/h1-2,6-9,11-14,19-22H,3-5H2,(H,27,28)(H2,16,17,23)(H2,24,25,26)/p-2/t6?,7-,8+,9-,11-,12-,13-,14?/m1/s1. The fourth-order valence-electron chi connectivity index (χ4n) is 3.71. The summed E-state index contributed by atoms with van der Waals surface area (Å²) in [4.78, 5) is 46.1. The van der Waals surface area contributed by atoms with Gasteiger partial charge in [-0.3, -0.25) is 14.8 Å². The highest BCUT2D eigenvalue weighted by atomic mass is 31.2. The molecule has 33 heavy (non-hydrogen) atoms. The molecule has 0 bridgehead atoms. The largest absolute Gasteiger partial charge is 0.846 e. The van der Waals surface area contributed by atoms with E-state index in [1.165, 1.54) is 0 Å². The molecule has 9 atom stereocenters. The van der Waals surface area contributed by atoms with Crippen molar-refractivity contribution in [1.82, 2.24) is 9.55 Å². The van der Waals surface area contributed by atoms with Gasteiger partial charge in [0.2, 0.25) is 0 Å². The van der Waals surface area contributed by atoms with E-state index in [-0.39, 0.29) is 18.3 Å². The molecule has 3 unspecified atom stereocenters. The predicted octanol–water partition coefficient (Wildman–Crippen LogP) is -4.88. The molecule has 0 amide bonds. The summed E-state index contributed by atoms with van der Waals surface area (Å²) in [5, 5.41) is 58.7. The highest BCUT2D eigenvalue weighted by Gasteiger charge is 2.48. The molecule has 0 radical (unpaired) electrons. The number of ether oxygens (including phenoxy) is 1. The number of nitrogens with zero attached hydrogens (tertiary/aromatic N) is 2. The van der Waals surface area contributed by atoms with Crippen molar-refractivity contribution in [2.75, 3.05) is 6.61 Å². The third-order valence-corrected chi connectivity index (χ3v) is 7.65. The lowest BCUT2D eigenvalue weighted by Gasteiger charge is -2.38. The van der Waals surface area contributed by atoms with Crippen LogP contribution in [0.4, 0.5) is 0 Å². The number of phosphoric acid groups is 1. The molecular weight excluding hydrogens is 492 g/mol. The molecule has 2 heterocycles. The summed E-state index contributed by atoms with van der Waals surface area (Å²) < 4.78 is 27.7. The summed E-state index contributed by atoms with van der Waals surface area (Å²) in [5.41, 5.74) is -0.348. The highest BCUT2D eigenvalue weighted by Crippen LogP contribution is 2.57. The first-order valence-electron chi connectivity index (χ1n) is 9.57. The molecule has 2 fully saturated rings. The number of rotatable bonds is 8. The minimum Gasteiger partial charge on any atom is -0.846 e. The van der Waals surface area contributed by atoms with Crippen molar-refractivity contribution in [2.45, 2.75) is 55.4 Å². The van der Waals surface area contributed by atoms with E-state index in [4.69, 9.17) is 10.1 Å². The van der Waals surface area contributed by atoms with Crippen molar-refractivity contribution in [3.8, 4) is 6.01 Å². The predicted molar refractivity (Wildman–Crippen MR) is 98.0 cm³/mol. The monoisotopic (exact) mass is 515 g/mol. The van der Waals surface area contributed by atoms with E-state index in [0.29, 0.717) is 0 Å². The maximum atomic E-state index is 12.3. The second-order valence-electron chi connectivity index (χ2n) is 7.74. The van der Waals surface area contributed by atoms with E-state index in [2.05, 4.69) is 14.0 Å². The summed E-state index contributed by atoms with van der Waals surface area (Å²) in [6, 6.07) is 0.158. The van der Waals surface area contributed by atoms with Crippen LogP contribution in [0, 0.1) is 11.3 Å². The van der Waals surface area contributed by atoms with Crippen molar-refractivity contribution >= 4 is 15.8 Å². The number of nitrogens with one attached hydrogen (secondary N) is 1. The molecule has 2 aliphatic rings. The van der Waals surface area contributed by atoms with Crippen LogP contribution in [-0.4, -0.2) is 82.7 Å². The molecular formula is C15H23N3O13P2-2. The molecule has 1 saturated heterocycles. The van der Waals surface area contributed by atoms with Crippen molar-refractivity contribution < 1.29 is 63.5 Å². The molecule has 188 valence electrons. The lowest BCUT2D eigenvalue weighted by molar-refractivity contribution is -0.341. The maximum Gasteiger partial charge on any atom is 0.475 e. The van der Waals surface area contributed by atoms with Crippen molar-refractivity contribution in [3.63, 3.8) is 0 Å². The number of phosphoric ester groups is 1. The Balaban J connectivity index is 1.66. The Morgan fingerprint density at radius 3 is 2.42 bits per heavy atom. The average molecular weight is 515 g/mol. The third-order valence-electron chi connectivity index (χ3n) is 5.34. The summed E-state index contributed by atoms with van der Waals surface area (Å²) in [7, 11) is -10.6. The zero-order chi connectivity index (χ0) is 24.7. The van der Waals surface area contributed by atoms with Gasteiger partial charge in [-0.2, -0.15) is 0 Å². The van der Waals surface area contributed by atoms with Crippen LogP contribution in [0.2, 0.25) is 0 Å². The Morgan fingerprint density at radius 2 is 1.88 bits per heavy atom. The van der Waals surface area contributed by atoms with Crippen molar-refractivity contribution in [3.05, 3.63) is 17.8 Å². The van der Waals surface area contributed by atoms with Gasteiger partial charge in [0.15, 0.2) is 12.1 Å². The zero-order valence-corrected chi connectivity index (χ0v) is 18.5. The van der Waals surface area contributed by atoms with Crippen LogP contribution in [-0.2, 0) is 18.3 Å². The van der Waals surface area contributed by atoms with Gasteiger partial charge in [0.1, 0.15) is 23.8 Å². The van der Waals surface area contributed by atoms with Crippen molar-refractivity contribution in [1.29, 1.82) is 5.41 Å². The second-order valence-corrected chi connectivity index (χ2v) is 10.8. The van der Waals surface area contributed by atoms with E-state index < -0.39 is 76.9 Å². The molecule has 0 aromatic carbocycles. The Kier molecular flexibility index (Phi) is 7.93. The number of hydrogen-bond donors (Lipinski definition) is 7. The van der Waals surface area contributed by atoms with E-state index in [0.717, 1.165) is 16.8 Å². The Morgan fingerprint density at radius 1 is 1.27 bits per heavy atom. The SMILES string of the molecule is N=c1ccn([C@@H]2O[C@H](COP(=O)(O)OC(C3C[C@@H](O)[C@@H](O)C3)[P+]([O-])([O-])O)[C@@H](O)[C@H]2O)c([O-])n1. The van der Waals surface area contributed by atoms with Crippen LogP contribution >= 0.6 is 15.8 Å². The third kappa shape index (κ3) is 6.13. The van der Waals surface area contributed by atoms with Crippen LogP contribution in [0.1, 0.15) is 19.1 Å². The number of aliphatic hydroxyl groups is 4. The molecule has 1 aromatic rings. The fourth-order valence-corrected chi connectivity index (χ4v) is 6.16. The van der Waals surface area contributed by atoms with Gasteiger partial charge >= 0.3 is 7.82 Å². The van der Waals surface area contributed by atoms with Gasteiger partial charge in [0, 0.05) is 12.1 Å². The number of aromatic nitrogens is 2. The number of hydrogen-bond acceptors (Lipinski definition) is 14. The molecule has 7 N–H and O–H groups in total. The lowest BCUT2D eigenvalue weighted by atomic mass is 10.1. The molecule has 3 rings (SSSR count). The van der Waals surface area contributed by atoms with Gasteiger partial charge < -0.3 is 49.5 Å². The Hall–Kier alpha value is -1.10. The average Bonchev–Trinajstić information content (AvgIpc) is 3.17. The van der Waals surface area contributed by atoms with Gasteiger partial charge in [0.05, 0.1) is 32.8 Å². The van der Waals surface area contributed by atoms with Crippen LogP contribution in [0.5, 0.6) is 6.01 Å². The molecule has 1 aromatic heterocycles. The van der Waals surface area contributed by atoms with E-state index in [9.17, 15) is 49.7 Å². The smallest absolute Gasteiger partial charge is 0.475 e. The first-order chi connectivity index (χ1) is 15.2. The van der Waals surface area contributed by atoms with Crippen LogP contribution < -0.4 is 20.4 Å². The first kappa shape index (κ1) is 26.5. The highest BCUT2D eigenvalue weighted by molar-refractivity contribution is 7.57. The fraction of sp³-hybridized carbons (Fsp3) is 0.733. The summed E-state index contributed by atoms with van der Waals surface area (Å²) >= 11 is 0. The molecule has 1 saturated carbocycles. The van der Waals surface area contributed by atoms with E-state index in [1.54, 1.807) is 0 Å². The number of aliphatic hydroxyl groups excluding tert-OH is 4.